The van der Waals surface area contributed by atoms with Crippen molar-refractivity contribution in [2.45, 2.75) is 11.3 Å². The molecule has 0 radical (unpaired) electrons. The van der Waals surface area contributed by atoms with E-state index in [0.29, 0.717) is 10.8 Å². The summed E-state index contributed by atoms with van der Waals surface area (Å²) in [7, 11) is 0. The molecule has 7 nitrogen and oxygen atoms in total. The van der Waals surface area contributed by atoms with Crippen LogP contribution in [0, 0.1) is 0 Å². The van der Waals surface area contributed by atoms with Crippen molar-refractivity contribution in [1.82, 2.24) is 15.0 Å². The number of carbonyl (C=O) groups excluding carboxylic acids is 2. The number of hydrogen-bond acceptors (Lipinski definition) is 7. The summed E-state index contributed by atoms with van der Waals surface area (Å²) in [5.41, 5.74) is 1.32. The normalized spacial score (nSPS) is 10.3. The first-order chi connectivity index (χ1) is 12.6. The van der Waals surface area contributed by atoms with E-state index < -0.39 is 5.91 Å². The molecule has 0 unspecified atom stereocenters. The van der Waals surface area contributed by atoms with Crippen LogP contribution in [0.4, 0.5) is 10.8 Å². The van der Waals surface area contributed by atoms with Crippen molar-refractivity contribution >= 4 is 45.7 Å². The van der Waals surface area contributed by atoms with Crippen LogP contribution in [0.2, 0.25) is 0 Å². The molecule has 1 aromatic carbocycles. The molecule has 0 spiro atoms. The van der Waals surface area contributed by atoms with Gasteiger partial charge in [-0.1, -0.05) is 6.07 Å². The summed E-state index contributed by atoms with van der Waals surface area (Å²) in [6.07, 6.45) is 5.08. The van der Waals surface area contributed by atoms with E-state index in [1.54, 1.807) is 23.2 Å². The van der Waals surface area contributed by atoms with E-state index >= 15 is 0 Å². The summed E-state index contributed by atoms with van der Waals surface area (Å²) in [5.74, 6) is -0.543. The third-order valence-electron chi connectivity index (χ3n) is 3.24. The topological polar surface area (TPSA) is 96.9 Å². The molecule has 0 aliphatic rings. The zero-order valence-corrected chi connectivity index (χ0v) is 15.4. The van der Waals surface area contributed by atoms with Crippen molar-refractivity contribution in [3.05, 3.63) is 59.6 Å². The summed E-state index contributed by atoms with van der Waals surface area (Å²) in [6, 6.07) is 9.25. The molecule has 3 rings (SSSR count). The van der Waals surface area contributed by atoms with Gasteiger partial charge < -0.3 is 5.32 Å². The Morgan fingerprint density at radius 1 is 1.15 bits per heavy atom. The Labute approximate surface area is 158 Å². The zero-order chi connectivity index (χ0) is 18.4. The van der Waals surface area contributed by atoms with Crippen molar-refractivity contribution in [2.24, 2.45) is 0 Å². The monoisotopic (exact) mass is 385 g/mol. The Morgan fingerprint density at radius 3 is 2.73 bits per heavy atom. The van der Waals surface area contributed by atoms with Gasteiger partial charge in [0.1, 0.15) is 0 Å². The molecule has 2 amide bonds. The predicted octanol–water partition coefficient (Wildman–Crippen LogP) is 3.09. The molecule has 132 valence electrons. The largest absolute Gasteiger partial charge is 0.326 e. The molecular formula is C17H15N5O2S2. The second kappa shape index (κ2) is 8.54. The van der Waals surface area contributed by atoms with Crippen LogP contribution in [0.15, 0.2) is 53.0 Å². The van der Waals surface area contributed by atoms with E-state index in [1.807, 2.05) is 30.5 Å². The lowest BCUT2D eigenvalue weighted by atomic mass is 10.3. The Kier molecular flexibility index (Phi) is 5.92. The number of rotatable bonds is 6. The summed E-state index contributed by atoms with van der Waals surface area (Å²) < 4.78 is 0. The smallest absolute Gasteiger partial charge is 0.295 e. The van der Waals surface area contributed by atoms with Gasteiger partial charge in [-0.3, -0.25) is 14.9 Å². The first kappa shape index (κ1) is 18.0. The fraction of sp³-hybridized carbons (Fsp3) is 0.118. The molecule has 0 saturated heterocycles. The maximum atomic E-state index is 12.2. The molecule has 26 heavy (non-hydrogen) atoms. The molecule has 2 aromatic heterocycles. The van der Waals surface area contributed by atoms with Gasteiger partial charge in [-0.05, 0) is 30.5 Å². The summed E-state index contributed by atoms with van der Waals surface area (Å²) >= 11 is 2.85. The summed E-state index contributed by atoms with van der Waals surface area (Å²) in [5, 5.41) is 7.60. The Morgan fingerprint density at radius 2 is 1.96 bits per heavy atom. The molecule has 0 fully saturated rings. The number of thiazole rings is 1. The average Bonchev–Trinajstić information content (AvgIpc) is 3.09. The fourth-order valence-corrected chi connectivity index (χ4v) is 3.25. The Hall–Kier alpha value is -2.78. The van der Waals surface area contributed by atoms with E-state index in [-0.39, 0.29) is 18.2 Å². The molecule has 0 atom stereocenters. The SMILES string of the molecule is CSc1cccc(NC(=O)Cc2csc(NC(=O)c3ncccn3)n2)c1. The third kappa shape index (κ3) is 4.87. The van der Waals surface area contributed by atoms with Gasteiger partial charge in [0, 0.05) is 28.4 Å². The van der Waals surface area contributed by atoms with Crippen molar-refractivity contribution in [3.8, 4) is 0 Å². The van der Waals surface area contributed by atoms with Crippen LogP contribution in [0.5, 0.6) is 0 Å². The van der Waals surface area contributed by atoms with Crippen LogP contribution >= 0.6 is 23.1 Å². The molecule has 2 N–H and O–H groups in total. The fourth-order valence-electron chi connectivity index (χ4n) is 2.09. The molecule has 0 aliphatic heterocycles. The second-order valence-electron chi connectivity index (χ2n) is 5.13. The maximum Gasteiger partial charge on any atom is 0.295 e. The second-order valence-corrected chi connectivity index (χ2v) is 6.87. The number of carbonyl (C=O) groups is 2. The molecule has 9 heteroatoms. The number of thioether (sulfide) groups is 1. The van der Waals surface area contributed by atoms with Crippen molar-refractivity contribution in [1.29, 1.82) is 0 Å². The highest BCUT2D eigenvalue weighted by Crippen LogP contribution is 2.20. The minimum absolute atomic E-state index is 0.0654. The van der Waals surface area contributed by atoms with Gasteiger partial charge in [0.2, 0.25) is 11.7 Å². The van der Waals surface area contributed by atoms with E-state index in [1.165, 1.54) is 23.7 Å². The van der Waals surface area contributed by atoms with Crippen molar-refractivity contribution in [3.63, 3.8) is 0 Å². The van der Waals surface area contributed by atoms with Crippen LogP contribution in [0.3, 0.4) is 0 Å². The molecule has 2 heterocycles. The van der Waals surface area contributed by atoms with Crippen LogP contribution in [-0.4, -0.2) is 33.0 Å². The highest BCUT2D eigenvalue weighted by atomic mass is 32.2. The molecular weight excluding hydrogens is 370 g/mol. The van der Waals surface area contributed by atoms with Crippen molar-refractivity contribution in [2.75, 3.05) is 16.9 Å². The third-order valence-corrected chi connectivity index (χ3v) is 4.77. The quantitative estimate of drug-likeness (QED) is 0.633. The molecule has 0 bridgehead atoms. The maximum absolute atomic E-state index is 12.2. The van der Waals surface area contributed by atoms with Gasteiger partial charge in [-0.15, -0.1) is 23.1 Å². The first-order valence-corrected chi connectivity index (χ1v) is 9.71. The van der Waals surface area contributed by atoms with Crippen molar-refractivity contribution < 1.29 is 9.59 Å². The highest BCUT2D eigenvalue weighted by molar-refractivity contribution is 7.98. The number of aromatic nitrogens is 3. The molecule has 0 aliphatic carbocycles. The van der Waals surface area contributed by atoms with E-state index in [4.69, 9.17) is 0 Å². The van der Waals surface area contributed by atoms with Gasteiger partial charge in [0.05, 0.1) is 12.1 Å². The van der Waals surface area contributed by atoms with Gasteiger partial charge in [0.15, 0.2) is 5.13 Å². The predicted molar refractivity (Wildman–Crippen MR) is 103 cm³/mol. The summed E-state index contributed by atoms with van der Waals surface area (Å²) in [4.78, 5) is 37.3. The average molecular weight is 385 g/mol. The van der Waals surface area contributed by atoms with E-state index in [9.17, 15) is 9.59 Å². The zero-order valence-electron chi connectivity index (χ0n) is 13.8. The van der Waals surface area contributed by atoms with Crippen LogP contribution in [0.1, 0.15) is 16.3 Å². The lowest BCUT2D eigenvalue weighted by molar-refractivity contribution is -0.115. The van der Waals surface area contributed by atoms with Gasteiger partial charge >= 0.3 is 0 Å². The number of amides is 2. The number of benzene rings is 1. The minimum atomic E-state index is -0.440. The minimum Gasteiger partial charge on any atom is -0.326 e. The highest BCUT2D eigenvalue weighted by Gasteiger charge is 2.13. The number of nitrogens with zero attached hydrogens (tertiary/aromatic N) is 3. The number of nitrogens with one attached hydrogen (secondary N) is 2. The van der Waals surface area contributed by atoms with Crippen LogP contribution < -0.4 is 10.6 Å². The first-order valence-electron chi connectivity index (χ1n) is 7.61. The standard InChI is InChI=1S/C17H15N5O2S2/c1-25-13-5-2-4-11(8-13)20-14(23)9-12-10-26-17(21-12)22-16(24)15-18-6-3-7-19-15/h2-8,10H,9H2,1H3,(H,20,23)(H,21,22,24). The van der Waals surface area contributed by atoms with Gasteiger partial charge in [0.25, 0.3) is 5.91 Å². The van der Waals surface area contributed by atoms with Gasteiger partial charge in [-0.25, -0.2) is 15.0 Å². The number of anilines is 2. The van der Waals surface area contributed by atoms with Crippen LogP contribution in [0.25, 0.3) is 0 Å². The number of hydrogen-bond donors (Lipinski definition) is 2. The summed E-state index contributed by atoms with van der Waals surface area (Å²) in [6.45, 7) is 0. The van der Waals surface area contributed by atoms with E-state index in [2.05, 4.69) is 25.6 Å². The Bertz CT molecular complexity index is 914. The van der Waals surface area contributed by atoms with Crippen LogP contribution in [-0.2, 0) is 11.2 Å². The van der Waals surface area contributed by atoms with Gasteiger partial charge in [-0.2, -0.15) is 0 Å². The molecule has 3 aromatic rings. The Balaban J connectivity index is 1.57. The lowest BCUT2D eigenvalue weighted by Crippen LogP contribution is -2.16. The molecule has 0 saturated carbocycles. The lowest BCUT2D eigenvalue weighted by Gasteiger charge is -2.05. The van der Waals surface area contributed by atoms with E-state index in [0.717, 1.165) is 10.6 Å².